The fourth-order valence-electron chi connectivity index (χ4n) is 3.17. The summed E-state index contributed by atoms with van der Waals surface area (Å²) in [5.41, 5.74) is 2.63. The third kappa shape index (κ3) is 3.73. The van der Waals surface area contributed by atoms with Crippen LogP contribution in [0.5, 0.6) is 0 Å². The molecule has 7 nitrogen and oxygen atoms in total. The maximum absolute atomic E-state index is 10.9. The van der Waals surface area contributed by atoms with Crippen LogP contribution in [0.15, 0.2) is 30.5 Å². The summed E-state index contributed by atoms with van der Waals surface area (Å²) in [5.74, 6) is 0. The van der Waals surface area contributed by atoms with Crippen molar-refractivity contribution >= 4 is 11.4 Å². The summed E-state index contributed by atoms with van der Waals surface area (Å²) < 4.78 is 7.21. The second kappa shape index (κ2) is 7.44. The van der Waals surface area contributed by atoms with Crippen LogP contribution in [-0.2, 0) is 17.9 Å². The summed E-state index contributed by atoms with van der Waals surface area (Å²) in [6, 6.07) is 7.32. The summed E-state index contributed by atoms with van der Waals surface area (Å²) in [7, 11) is 1.58. The Morgan fingerprint density at radius 3 is 2.88 bits per heavy atom. The standard InChI is InChI=1S/C17H22N4O3/c1-24-12-13-10-16(21(22)23)6-7-17(13)18-11-14-8-9-20(19-14)15-4-2-3-5-15/h6-10,15,18H,2-5,11-12H2,1H3. The van der Waals surface area contributed by atoms with E-state index in [9.17, 15) is 10.1 Å². The van der Waals surface area contributed by atoms with Crippen LogP contribution in [0.25, 0.3) is 0 Å². The number of hydrogen-bond acceptors (Lipinski definition) is 5. The molecule has 0 amide bonds. The summed E-state index contributed by atoms with van der Waals surface area (Å²) >= 11 is 0. The Hall–Kier alpha value is -2.41. The predicted octanol–water partition coefficient (Wildman–Crippen LogP) is 3.66. The highest BCUT2D eigenvalue weighted by Gasteiger charge is 2.17. The summed E-state index contributed by atoms with van der Waals surface area (Å²) in [4.78, 5) is 10.5. The molecule has 3 rings (SSSR count). The van der Waals surface area contributed by atoms with Crippen molar-refractivity contribution in [2.45, 2.75) is 44.9 Å². The predicted molar refractivity (Wildman–Crippen MR) is 90.9 cm³/mol. The van der Waals surface area contributed by atoms with Gasteiger partial charge in [-0.15, -0.1) is 0 Å². The highest BCUT2D eigenvalue weighted by molar-refractivity contribution is 5.56. The van der Waals surface area contributed by atoms with E-state index in [1.54, 1.807) is 19.2 Å². The summed E-state index contributed by atoms with van der Waals surface area (Å²) in [6.07, 6.45) is 7.01. The van der Waals surface area contributed by atoms with E-state index < -0.39 is 4.92 Å². The van der Waals surface area contributed by atoms with Crippen LogP contribution in [0.1, 0.15) is 43.0 Å². The van der Waals surface area contributed by atoms with Gasteiger partial charge in [0.25, 0.3) is 5.69 Å². The SMILES string of the molecule is COCc1cc([N+](=O)[O-])ccc1NCc1ccn(C2CCCC2)n1. The molecular formula is C17H22N4O3. The van der Waals surface area contributed by atoms with Crippen molar-refractivity contribution in [3.8, 4) is 0 Å². The number of methoxy groups -OCH3 is 1. The van der Waals surface area contributed by atoms with Crippen molar-refractivity contribution in [2.24, 2.45) is 0 Å². The third-order valence-corrected chi connectivity index (χ3v) is 4.42. The minimum atomic E-state index is -0.397. The number of nitro groups is 1. The van der Waals surface area contributed by atoms with Crippen LogP contribution < -0.4 is 5.32 Å². The third-order valence-electron chi connectivity index (χ3n) is 4.42. The molecule has 1 aromatic carbocycles. The summed E-state index contributed by atoms with van der Waals surface area (Å²) in [5, 5.41) is 18.9. The Balaban J connectivity index is 1.68. The van der Waals surface area contributed by atoms with Gasteiger partial charge in [-0.2, -0.15) is 5.10 Å². The fraction of sp³-hybridized carbons (Fsp3) is 0.471. The average Bonchev–Trinajstić information content (AvgIpc) is 3.25. The topological polar surface area (TPSA) is 82.2 Å². The smallest absolute Gasteiger partial charge is 0.269 e. The first-order valence-electron chi connectivity index (χ1n) is 8.21. The van der Waals surface area contributed by atoms with Gasteiger partial charge in [-0.25, -0.2) is 0 Å². The van der Waals surface area contributed by atoms with Crippen molar-refractivity contribution < 1.29 is 9.66 Å². The van der Waals surface area contributed by atoms with E-state index in [2.05, 4.69) is 15.1 Å². The lowest BCUT2D eigenvalue weighted by Gasteiger charge is -2.11. The Bertz CT molecular complexity index is 708. The highest BCUT2D eigenvalue weighted by Crippen LogP contribution is 2.29. The molecule has 1 N–H and O–H groups in total. The monoisotopic (exact) mass is 330 g/mol. The number of nitrogens with zero attached hydrogens (tertiary/aromatic N) is 3. The maximum Gasteiger partial charge on any atom is 0.269 e. The molecule has 1 heterocycles. The van der Waals surface area contributed by atoms with Crippen molar-refractivity contribution in [1.82, 2.24) is 9.78 Å². The molecule has 1 fully saturated rings. The second-order valence-electron chi connectivity index (χ2n) is 6.11. The molecule has 1 aliphatic rings. The number of ether oxygens (including phenoxy) is 1. The number of aromatic nitrogens is 2. The molecule has 1 aromatic heterocycles. The average molecular weight is 330 g/mol. The van der Waals surface area contributed by atoms with Gasteiger partial charge >= 0.3 is 0 Å². The Labute approximate surface area is 140 Å². The number of nitrogens with one attached hydrogen (secondary N) is 1. The molecule has 0 spiro atoms. The van der Waals surface area contributed by atoms with Crippen LogP contribution in [0.3, 0.4) is 0 Å². The minimum absolute atomic E-state index is 0.0677. The van der Waals surface area contributed by atoms with E-state index >= 15 is 0 Å². The Morgan fingerprint density at radius 1 is 1.38 bits per heavy atom. The van der Waals surface area contributed by atoms with Crippen molar-refractivity contribution in [3.05, 3.63) is 51.8 Å². The van der Waals surface area contributed by atoms with Gasteiger partial charge in [-0.3, -0.25) is 14.8 Å². The molecule has 24 heavy (non-hydrogen) atoms. The van der Waals surface area contributed by atoms with Crippen molar-refractivity contribution in [1.29, 1.82) is 0 Å². The van der Waals surface area contributed by atoms with Gasteiger partial charge < -0.3 is 10.1 Å². The van der Waals surface area contributed by atoms with Gasteiger partial charge in [-0.05, 0) is 25.0 Å². The first-order valence-corrected chi connectivity index (χ1v) is 8.21. The van der Waals surface area contributed by atoms with Gasteiger partial charge in [-0.1, -0.05) is 12.8 Å². The molecule has 7 heteroatoms. The van der Waals surface area contributed by atoms with Gasteiger partial charge in [0.1, 0.15) is 0 Å². The number of non-ortho nitro benzene ring substituents is 1. The van der Waals surface area contributed by atoms with E-state index in [1.165, 1.54) is 31.7 Å². The van der Waals surface area contributed by atoms with Gasteiger partial charge in [0.05, 0.1) is 29.8 Å². The lowest BCUT2D eigenvalue weighted by Crippen LogP contribution is -2.08. The Kier molecular flexibility index (Phi) is 5.10. The molecular weight excluding hydrogens is 308 g/mol. The van der Waals surface area contributed by atoms with Crippen LogP contribution in [0.2, 0.25) is 0 Å². The molecule has 0 saturated heterocycles. The number of benzene rings is 1. The lowest BCUT2D eigenvalue weighted by atomic mass is 10.1. The second-order valence-corrected chi connectivity index (χ2v) is 6.11. The molecule has 128 valence electrons. The largest absolute Gasteiger partial charge is 0.380 e. The zero-order valence-corrected chi connectivity index (χ0v) is 13.8. The number of anilines is 1. The molecule has 2 aromatic rings. The molecule has 1 aliphatic carbocycles. The zero-order chi connectivity index (χ0) is 16.9. The van der Waals surface area contributed by atoms with E-state index in [-0.39, 0.29) is 5.69 Å². The quantitative estimate of drug-likeness (QED) is 0.619. The molecule has 0 radical (unpaired) electrons. The van der Waals surface area contributed by atoms with Crippen LogP contribution in [-0.4, -0.2) is 21.8 Å². The molecule has 0 bridgehead atoms. The lowest BCUT2D eigenvalue weighted by molar-refractivity contribution is -0.384. The summed E-state index contributed by atoms with van der Waals surface area (Å²) in [6.45, 7) is 0.898. The van der Waals surface area contributed by atoms with Crippen molar-refractivity contribution in [3.63, 3.8) is 0 Å². The number of nitro benzene ring substituents is 1. The maximum atomic E-state index is 10.9. The van der Waals surface area contributed by atoms with Crippen LogP contribution >= 0.6 is 0 Å². The molecule has 0 aliphatic heterocycles. The van der Waals surface area contributed by atoms with E-state index in [1.807, 2.05) is 12.3 Å². The molecule has 1 saturated carbocycles. The molecule has 0 unspecified atom stereocenters. The zero-order valence-electron chi connectivity index (χ0n) is 13.8. The number of hydrogen-bond donors (Lipinski definition) is 1. The Morgan fingerprint density at radius 2 is 2.17 bits per heavy atom. The van der Waals surface area contributed by atoms with E-state index in [0.717, 1.165) is 16.9 Å². The first-order chi connectivity index (χ1) is 11.7. The van der Waals surface area contributed by atoms with Crippen LogP contribution in [0, 0.1) is 10.1 Å². The van der Waals surface area contributed by atoms with E-state index in [0.29, 0.717) is 19.2 Å². The minimum Gasteiger partial charge on any atom is -0.380 e. The van der Waals surface area contributed by atoms with Gasteiger partial charge in [0.15, 0.2) is 0 Å². The fourth-order valence-corrected chi connectivity index (χ4v) is 3.17. The van der Waals surface area contributed by atoms with Crippen LogP contribution in [0.4, 0.5) is 11.4 Å². The van der Waals surface area contributed by atoms with E-state index in [4.69, 9.17) is 4.74 Å². The first kappa shape index (κ1) is 16.4. The van der Waals surface area contributed by atoms with Gasteiger partial charge in [0, 0.05) is 36.7 Å². The van der Waals surface area contributed by atoms with Gasteiger partial charge in [0.2, 0.25) is 0 Å². The van der Waals surface area contributed by atoms with Crippen molar-refractivity contribution in [2.75, 3.05) is 12.4 Å². The normalized spacial score (nSPS) is 14.9. The highest BCUT2D eigenvalue weighted by atomic mass is 16.6. The molecule has 0 atom stereocenters. The number of rotatable bonds is 7.